The average Bonchev–Trinajstić information content (AvgIpc) is 2.38. The lowest BCUT2D eigenvalue weighted by atomic mass is 9.88. The van der Waals surface area contributed by atoms with E-state index in [-0.39, 0.29) is 12.5 Å². The topological polar surface area (TPSA) is 34.1 Å². The van der Waals surface area contributed by atoms with Gasteiger partial charge in [0.25, 0.3) is 0 Å². The Balaban J connectivity index is 2.24. The second kappa shape index (κ2) is 5.65. The average molecular weight is 292 g/mol. The molecular formula is C13H16F4N2O. The van der Waals surface area contributed by atoms with Crippen LogP contribution >= 0.6 is 0 Å². The second-order valence-electron chi connectivity index (χ2n) is 5.05. The van der Waals surface area contributed by atoms with Crippen LogP contribution in [0.4, 0.5) is 17.6 Å². The molecule has 1 N–H and O–H groups in total. The van der Waals surface area contributed by atoms with E-state index < -0.39 is 23.0 Å². The van der Waals surface area contributed by atoms with Gasteiger partial charge in [-0.25, -0.2) is 4.39 Å². The van der Waals surface area contributed by atoms with Crippen molar-refractivity contribution in [1.82, 2.24) is 10.3 Å². The molecule has 1 aromatic rings. The van der Waals surface area contributed by atoms with Gasteiger partial charge in [-0.1, -0.05) is 0 Å². The van der Waals surface area contributed by atoms with Crippen molar-refractivity contribution in [2.45, 2.75) is 31.2 Å². The molecule has 2 unspecified atom stereocenters. The lowest BCUT2D eigenvalue weighted by molar-refractivity contribution is -0.139. The Bertz CT molecular complexity index is 456. The minimum atomic E-state index is -4.60. The zero-order chi connectivity index (χ0) is 14.8. The summed E-state index contributed by atoms with van der Waals surface area (Å²) >= 11 is 0. The van der Waals surface area contributed by atoms with Gasteiger partial charge in [0.05, 0.1) is 18.8 Å². The minimum absolute atomic E-state index is 0.0955. The van der Waals surface area contributed by atoms with E-state index in [1.54, 1.807) is 0 Å². The maximum Gasteiger partial charge on any atom is 0.416 e. The third-order valence-corrected chi connectivity index (χ3v) is 3.32. The Morgan fingerprint density at radius 3 is 2.70 bits per heavy atom. The summed E-state index contributed by atoms with van der Waals surface area (Å²) < 4.78 is 58.7. The standard InChI is InChI=1S/C13H16F4N2O/c1-12(14,6-9-8-20-5-4-19-9)11-7-18-3-2-10(11)13(15,16)17/h2-3,7,9,19H,4-6,8H2,1H3. The summed E-state index contributed by atoms with van der Waals surface area (Å²) in [5, 5.41) is 3.04. The summed E-state index contributed by atoms with van der Waals surface area (Å²) in [6.07, 6.45) is -2.72. The van der Waals surface area contributed by atoms with E-state index in [1.807, 2.05) is 0 Å². The Labute approximate surface area is 114 Å². The molecule has 0 radical (unpaired) electrons. The first-order chi connectivity index (χ1) is 9.31. The number of hydrogen-bond donors (Lipinski definition) is 1. The minimum Gasteiger partial charge on any atom is -0.379 e. The fourth-order valence-electron chi connectivity index (χ4n) is 2.38. The van der Waals surface area contributed by atoms with Gasteiger partial charge >= 0.3 is 6.18 Å². The van der Waals surface area contributed by atoms with E-state index in [2.05, 4.69) is 10.3 Å². The molecule has 2 heterocycles. The second-order valence-corrected chi connectivity index (χ2v) is 5.05. The molecule has 1 fully saturated rings. The largest absolute Gasteiger partial charge is 0.416 e. The highest BCUT2D eigenvalue weighted by molar-refractivity contribution is 5.31. The van der Waals surface area contributed by atoms with Crippen LogP contribution in [0, 0.1) is 0 Å². The maximum absolute atomic E-state index is 14.8. The fourth-order valence-corrected chi connectivity index (χ4v) is 2.38. The van der Waals surface area contributed by atoms with Crippen LogP contribution in [-0.2, 0) is 16.6 Å². The van der Waals surface area contributed by atoms with Crippen LogP contribution in [0.1, 0.15) is 24.5 Å². The van der Waals surface area contributed by atoms with Gasteiger partial charge in [-0.05, 0) is 13.0 Å². The molecule has 0 aromatic carbocycles. The number of ether oxygens (including phenoxy) is 1. The summed E-state index contributed by atoms with van der Waals surface area (Å²) in [7, 11) is 0. The highest BCUT2D eigenvalue weighted by atomic mass is 19.4. The first-order valence-electron chi connectivity index (χ1n) is 6.32. The van der Waals surface area contributed by atoms with Crippen molar-refractivity contribution >= 4 is 0 Å². The summed E-state index contributed by atoms with van der Waals surface area (Å²) in [5.74, 6) is 0. The van der Waals surface area contributed by atoms with Crippen LogP contribution in [0.5, 0.6) is 0 Å². The van der Waals surface area contributed by atoms with Crippen LogP contribution in [0.2, 0.25) is 0 Å². The van der Waals surface area contributed by atoms with Crippen molar-refractivity contribution in [3.63, 3.8) is 0 Å². The lowest BCUT2D eigenvalue weighted by Gasteiger charge is -2.31. The van der Waals surface area contributed by atoms with E-state index in [0.29, 0.717) is 19.8 Å². The van der Waals surface area contributed by atoms with Crippen LogP contribution in [0.15, 0.2) is 18.5 Å². The van der Waals surface area contributed by atoms with Crippen LogP contribution in [-0.4, -0.2) is 30.8 Å². The quantitative estimate of drug-likeness (QED) is 0.870. The van der Waals surface area contributed by atoms with Gasteiger partial charge in [-0.3, -0.25) is 4.98 Å². The molecule has 20 heavy (non-hydrogen) atoms. The van der Waals surface area contributed by atoms with Crippen molar-refractivity contribution in [2.24, 2.45) is 0 Å². The van der Waals surface area contributed by atoms with Gasteiger partial charge in [0.15, 0.2) is 0 Å². The van der Waals surface area contributed by atoms with Crippen molar-refractivity contribution in [2.75, 3.05) is 19.8 Å². The molecule has 0 amide bonds. The number of nitrogens with zero attached hydrogens (tertiary/aromatic N) is 1. The molecule has 1 aliphatic rings. The molecule has 3 nitrogen and oxygen atoms in total. The number of hydrogen-bond acceptors (Lipinski definition) is 3. The van der Waals surface area contributed by atoms with Gasteiger partial charge in [-0.2, -0.15) is 13.2 Å². The van der Waals surface area contributed by atoms with E-state index in [1.165, 1.54) is 0 Å². The van der Waals surface area contributed by atoms with Gasteiger partial charge in [0.1, 0.15) is 5.67 Å². The Morgan fingerprint density at radius 1 is 1.35 bits per heavy atom. The highest BCUT2D eigenvalue weighted by Gasteiger charge is 2.41. The third kappa shape index (κ3) is 3.46. The first kappa shape index (κ1) is 15.2. The van der Waals surface area contributed by atoms with Crippen LogP contribution < -0.4 is 5.32 Å². The van der Waals surface area contributed by atoms with E-state index in [9.17, 15) is 17.6 Å². The smallest absolute Gasteiger partial charge is 0.379 e. The Hall–Kier alpha value is -1.21. The summed E-state index contributed by atoms with van der Waals surface area (Å²) in [6.45, 7) is 2.54. The molecule has 7 heteroatoms. The van der Waals surface area contributed by atoms with Crippen LogP contribution in [0.25, 0.3) is 0 Å². The Kier molecular flexibility index (Phi) is 4.29. The molecule has 2 rings (SSSR count). The summed E-state index contributed by atoms with van der Waals surface area (Å²) in [6, 6.07) is 0.498. The van der Waals surface area contributed by atoms with Gasteiger partial charge < -0.3 is 10.1 Å². The molecule has 0 saturated carbocycles. The van der Waals surface area contributed by atoms with Gasteiger partial charge in [0, 0.05) is 37.0 Å². The highest BCUT2D eigenvalue weighted by Crippen LogP contribution is 2.40. The predicted molar refractivity (Wildman–Crippen MR) is 64.9 cm³/mol. The molecule has 1 aliphatic heterocycles. The van der Waals surface area contributed by atoms with Gasteiger partial charge in [0.2, 0.25) is 0 Å². The fraction of sp³-hybridized carbons (Fsp3) is 0.615. The molecular weight excluding hydrogens is 276 g/mol. The maximum atomic E-state index is 14.8. The van der Waals surface area contributed by atoms with Gasteiger partial charge in [-0.15, -0.1) is 0 Å². The van der Waals surface area contributed by atoms with Crippen LogP contribution in [0.3, 0.4) is 0 Å². The van der Waals surface area contributed by atoms with Crippen molar-refractivity contribution in [1.29, 1.82) is 0 Å². The molecule has 2 atom stereocenters. The summed E-state index contributed by atoms with van der Waals surface area (Å²) in [5.41, 5.74) is -3.54. The molecule has 1 saturated heterocycles. The van der Waals surface area contributed by atoms with E-state index in [0.717, 1.165) is 25.4 Å². The zero-order valence-corrected chi connectivity index (χ0v) is 11.0. The van der Waals surface area contributed by atoms with Crippen molar-refractivity contribution < 1.29 is 22.3 Å². The van der Waals surface area contributed by atoms with Crippen molar-refractivity contribution in [3.8, 4) is 0 Å². The first-order valence-corrected chi connectivity index (χ1v) is 6.32. The zero-order valence-electron chi connectivity index (χ0n) is 11.0. The number of rotatable bonds is 3. The predicted octanol–water partition coefficient (Wildman–Crippen LogP) is 2.66. The normalized spacial score (nSPS) is 23.4. The number of halogens is 4. The third-order valence-electron chi connectivity index (χ3n) is 3.32. The van der Waals surface area contributed by atoms with E-state index in [4.69, 9.17) is 4.74 Å². The molecule has 112 valence electrons. The number of morpholine rings is 1. The molecule has 1 aromatic heterocycles. The summed E-state index contributed by atoms with van der Waals surface area (Å²) in [4.78, 5) is 3.63. The molecule has 0 bridgehead atoms. The SMILES string of the molecule is CC(F)(CC1COCCN1)c1cnccc1C(F)(F)F. The number of aromatic nitrogens is 1. The number of alkyl halides is 4. The van der Waals surface area contributed by atoms with E-state index >= 15 is 0 Å². The lowest BCUT2D eigenvalue weighted by Crippen LogP contribution is -2.44. The number of nitrogens with one attached hydrogen (secondary N) is 1. The molecule has 0 aliphatic carbocycles. The Morgan fingerprint density at radius 2 is 2.10 bits per heavy atom. The molecule has 0 spiro atoms. The monoisotopic (exact) mass is 292 g/mol. The number of pyridine rings is 1. The van der Waals surface area contributed by atoms with Crippen molar-refractivity contribution in [3.05, 3.63) is 29.6 Å².